The molecule has 21 heavy (non-hydrogen) atoms. The van der Waals surface area contributed by atoms with Gasteiger partial charge in [0.05, 0.1) is 7.11 Å². The van der Waals surface area contributed by atoms with Crippen LogP contribution in [0.2, 0.25) is 0 Å². The van der Waals surface area contributed by atoms with E-state index in [9.17, 15) is 15.0 Å². The highest BCUT2D eigenvalue weighted by Crippen LogP contribution is 2.37. The van der Waals surface area contributed by atoms with Gasteiger partial charge in [0.2, 0.25) is 0 Å². The van der Waals surface area contributed by atoms with Crippen LogP contribution >= 0.6 is 0 Å². The fourth-order valence-electron chi connectivity index (χ4n) is 2.59. The lowest BCUT2D eigenvalue weighted by molar-refractivity contribution is -0.142. The molecule has 2 rings (SSSR count). The summed E-state index contributed by atoms with van der Waals surface area (Å²) in [5.74, 6) is -0.121. The van der Waals surface area contributed by atoms with E-state index >= 15 is 0 Å². The van der Waals surface area contributed by atoms with Gasteiger partial charge in [0, 0.05) is 0 Å². The molecule has 2 aromatic carbocycles. The summed E-state index contributed by atoms with van der Waals surface area (Å²) in [6.07, 6.45) is 0.402. The molecular formula is C17H18O4. The third-order valence-corrected chi connectivity index (χ3v) is 3.84. The number of aromatic hydroxyl groups is 1. The Morgan fingerprint density at radius 3 is 1.90 bits per heavy atom. The highest BCUT2D eigenvalue weighted by atomic mass is 16.5. The molecule has 0 saturated heterocycles. The molecule has 0 spiro atoms. The van der Waals surface area contributed by atoms with Crippen molar-refractivity contribution in [1.29, 1.82) is 0 Å². The zero-order valence-electron chi connectivity index (χ0n) is 12.0. The molecule has 1 atom stereocenters. The van der Waals surface area contributed by atoms with E-state index in [0.29, 0.717) is 23.3 Å². The van der Waals surface area contributed by atoms with E-state index in [1.807, 2.05) is 6.92 Å². The maximum absolute atomic E-state index is 12.0. The van der Waals surface area contributed by atoms with Crippen molar-refractivity contribution >= 4 is 5.97 Å². The molecule has 0 aliphatic carbocycles. The van der Waals surface area contributed by atoms with Crippen molar-refractivity contribution in [2.75, 3.05) is 7.11 Å². The molecule has 4 nitrogen and oxygen atoms in total. The van der Waals surface area contributed by atoms with Crippen molar-refractivity contribution in [2.45, 2.75) is 18.8 Å². The second-order valence-corrected chi connectivity index (χ2v) is 4.84. The second kappa shape index (κ2) is 5.87. The van der Waals surface area contributed by atoms with Gasteiger partial charge in [-0.25, -0.2) is 0 Å². The van der Waals surface area contributed by atoms with Crippen LogP contribution in [0.4, 0.5) is 0 Å². The Bertz CT molecular complexity index is 616. The number of hydrogen-bond acceptors (Lipinski definition) is 3. The van der Waals surface area contributed by atoms with Crippen LogP contribution in [-0.4, -0.2) is 23.3 Å². The van der Waals surface area contributed by atoms with Crippen LogP contribution in [0.5, 0.6) is 11.5 Å². The molecule has 110 valence electrons. The second-order valence-electron chi connectivity index (χ2n) is 4.84. The van der Waals surface area contributed by atoms with Crippen LogP contribution in [0.25, 0.3) is 0 Å². The first kappa shape index (κ1) is 14.9. The number of carboxylic acids is 1. The summed E-state index contributed by atoms with van der Waals surface area (Å²) < 4.78 is 5.12. The van der Waals surface area contributed by atoms with Crippen LogP contribution < -0.4 is 4.74 Å². The van der Waals surface area contributed by atoms with Crippen LogP contribution in [0.1, 0.15) is 24.5 Å². The summed E-state index contributed by atoms with van der Waals surface area (Å²) in [5, 5.41) is 19.2. The quantitative estimate of drug-likeness (QED) is 0.886. The Morgan fingerprint density at radius 1 is 1.05 bits per heavy atom. The normalized spacial score (nSPS) is 13.4. The molecule has 0 aliphatic heterocycles. The van der Waals surface area contributed by atoms with Gasteiger partial charge >= 0.3 is 5.97 Å². The number of ether oxygens (including phenoxy) is 1. The predicted molar refractivity (Wildman–Crippen MR) is 79.8 cm³/mol. The first-order valence-electron chi connectivity index (χ1n) is 6.72. The van der Waals surface area contributed by atoms with E-state index in [4.69, 9.17) is 4.74 Å². The number of methoxy groups -OCH3 is 1. The van der Waals surface area contributed by atoms with E-state index in [0.717, 1.165) is 0 Å². The van der Waals surface area contributed by atoms with Crippen molar-refractivity contribution in [2.24, 2.45) is 0 Å². The Hall–Kier alpha value is -2.49. The molecule has 0 saturated carbocycles. The van der Waals surface area contributed by atoms with Gasteiger partial charge in [0.25, 0.3) is 0 Å². The average molecular weight is 286 g/mol. The minimum atomic E-state index is -1.14. The van der Waals surface area contributed by atoms with E-state index in [1.54, 1.807) is 43.5 Å². The summed E-state index contributed by atoms with van der Waals surface area (Å²) in [5.41, 5.74) is 0.185. The van der Waals surface area contributed by atoms with Crippen molar-refractivity contribution in [3.63, 3.8) is 0 Å². The van der Waals surface area contributed by atoms with Crippen molar-refractivity contribution in [3.8, 4) is 11.5 Å². The lowest BCUT2D eigenvalue weighted by Crippen LogP contribution is -2.36. The SMILES string of the molecule is CCC(C(=O)O)(c1ccc(O)cc1)c1ccc(OC)cc1. The Kier molecular flexibility index (Phi) is 4.17. The molecule has 0 heterocycles. The molecule has 0 aliphatic rings. The minimum absolute atomic E-state index is 0.115. The zero-order chi connectivity index (χ0) is 15.5. The van der Waals surface area contributed by atoms with Crippen molar-refractivity contribution < 1.29 is 19.7 Å². The van der Waals surface area contributed by atoms with Gasteiger partial charge in [-0.1, -0.05) is 31.2 Å². The summed E-state index contributed by atoms with van der Waals surface area (Å²) in [7, 11) is 1.57. The molecule has 0 amide bonds. The molecular weight excluding hydrogens is 268 g/mol. The van der Waals surface area contributed by atoms with Gasteiger partial charge < -0.3 is 14.9 Å². The van der Waals surface area contributed by atoms with E-state index < -0.39 is 11.4 Å². The maximum atomic E-state index is 12.0. The van der Waals surface area contributed by atoms with E-state index in [1.165, 1.54) is 12.1 Å². The summed E-state index contributed by atoms with van der Waals surface area (Å²) in [4.78, 5) is 12.0. The van der Waals surface area contributed by atoms with Gasteiger partial charge in [-0.05, 0) is 41.8 Å². The lowest BCUT2D eigenvalue weighted by Gasteiger charge is -2.29. The highest BCUT2D eigenvalue weighted by Gasteiger charge is 2.40. The Labute approximate surface area is 123 Å². The van der Waals surface area contributed by atoms with Crippen molar-refractivity contribution in [3.05, 3.63) is 59.7 Å². The van der Waals surface area contributed by atoms with Crippen LogP contribution in [0.3, 0.4) is 0 Å². The molecule has 0 bridgehead atoms. The van der Waals surface area contributed by atoms with E-state index in [-0.39, 0.29) is 5.75 Å². The number of phenolic OH excluding ortho intramolecular Hbond substituents is 1. The monoisotopic (exact) mass is 286 g/mol. The molecule has 0 aromatic heterocycles. The third kappa shape index (κ3) is 2.57. The largest absolute Gasteiger partial charge is 0.508 e. The fraction of sp³-hybridized carbons (Fsp3) is 0.235. The number of carboxylic acid groups (broad SMARTS) is 1. The number of aliphatic carboxylic acids is 1. The standard InChI is InChI=1S/C17H18O4/c1-3-17(16(19)20,12-4-8-14(18)9-5-12)13-6-10-15(21-2)11-7-13/h4-11,18H,3H2,1-2H3,(H,19,20). The van der Waals surface area contributed by atoms with Gasteiger partial charge in [-0.3, -0.25) is 4.79 Å². The predicted octanol–water partition coefficient (Wildman–Crippen LogP) is 3.18. The lowest BCUT2D eigenvalue weighted by atomic mass is 9.72. The molecule has 4 heteroatoms. The summed E-state index contributed by atoms with van der Waals surface area (Å²) in [6, 6.07) is 13.4. The maximum Gasteiger partial charge on any atom is 0.318 e. The van der Waals surface area contributed by atoms with Gasteiger partial charge in [-0.15, -0.1) is 0 Å². The van der Waals surface area contributed by atoms with Crippen molar-refractivity contribution in [1.82, 2.24) is 0 Å². The first-order valence-corrected chi connectivity index (χ1v) is 6.72. The summed E-state index contributed by atoms with van der Waals surface area (Å²) in [6.45, 7) is 1.84. The number of hydrogen-bond donors (Lipinski definition) is 2. The highest BCUT2D eigenvalue weighted by molar-refractivity contribution is 5.86. The Morgan fingerprint density at radius 2 is 1.52 bits per heavy atom. The fourth-order valence-corrected chi connectivity index (χ4v) is 2.59. The number of carbonyl (C=O) groups is 1. The molecule has 2 aromatic rings. The van der Waals surface area contributed by atoms with Crippen LogP contribution in [-0.2, 0) is 10.2 Å². The van der Waals surface area contributed by atoms with Crippen LogP contribution in [0.15, 0.2) is 48.5 Å². The third-order valence-electron chi connectivity index (χ3n) is 3.84. The summed E-state index contributed by atoms with van der Waals surface area (Å²) >= 11 is 0. The number of phenols is 1. The first-order chi connectivity index (χ1) is 10.0. The van der Waals surface area contributed by atoms with Gasteiger partial charge in [0.15, 0.2) is 0 Å². The molecule has 2 N–H and O–H groups in total. The minimum Gasteiger partial charge on any atom is -0.508 e. The molecule has 1 unspecified atom stereocenters. The van der Waals surface area contributed by atoms with Gasteiger partial charge in [0.1, 0.15) is 16.9 Å². The zero-order valence-corrected chi connectivity index (χ0v) is 12.0. The smallest absolute Gasteiger partial charge is 0.318 e. The average Bonchev–Trinajstić information content (AvgIpc) is 2.50. The number of benzene rings is 2. The molecule has 0 fully saturated rings. The van der Waals surface area contributed by atoms with E-state index in [2.05, 4.69) is 0 Å². The number of rotatable bonds is 5. The Balaban J connectivity index is 2.60. The topological polar surface area (TPSA) is 66.8 Å². The molecule has 0 radical (unpaired) electrons. The van der Waals surface area contributed by atoms with Crippen LogP contribution in [0, 0.1) is 0 Å². The van der Waals surface area contributed by atoms with Gasteiger partial charge in [-0.2, -0.15) is 0 Å².